The maximum absolute atomic E-state index is 12.3. The number of nitriles is 1. The largest absolute Gasteiger partial charge is 0.457 e. The minimum Gasteiger partial charge on any atom is -0.457 e. The Bertz CT molecular complexity index is 916. The Kier molecular flexibility index (Phi) is 15.5. The van der Waals surface area contributed by atoms with Gasteiger partial charge in [-0.3, -0.25) is 4.79 Å². The molecule has 0 aliphatic rings. The normalized spacial score (nSPS) is 11.8. The van der Waals surface area contributed by atoms with Gasteiger partial charge in [-0.25, -0.2) is 0 Å². The molecule has 4 heteroatoms. The number of unbranched alkanes of at least 4 members (excludes halogenated alkanes) is 11. The molecule has 1 atom stereocenters. The third kappa shape index (κ3) is 13.1. The third-order valence-electron chi connectivity index (χ3n) is 6.15. The van der Waals surface area contributed by atoms with Crippen LogP contribution in [-0.2, 0) is 9.53 Å². The quantitative estimate of drug-likeness (QED) is 0.112. The minimum atomic E-state index is -0.931. The standard InChI is InChI=1S/C32H43NO3/c1-2-3-4-5-6-7-8-9-10-11-12-13-14-15-19-25-32(34)36-31(27-33)28-21-20-24-30(26-28)35-29-22-17-16-18-23-29/h9-10,16-18,20-24,26,31H,2-8,11-15,19,25H2,1H3/b10-9-. The fourth-order valence-corrected chi connectivity index (χ4v) is 4.07. The number of carbonyl (C=O) groups is 1. The molecular weight excluding hydrogens is 446 g/mol. The summed E-state index contributed by atoms with van der Waals surface area (Å²) in [5.74, 6) is 0.991. The first-order chi connectivity index (χ1) is 17.7. The van der Waals surface area contributed by atoms with Crippen molar-refractivity contribution in [2.75, 3.05) is 0 Å². The number of hydrogen-bond donors (Lipinski definition) is 0. The average Bonchev–Trinajstić information content (AvgIpc) is 2.90. The van der Waals surface area contributed by atoms with Crippen molar-refractivity contribution in [2.24, 2.45) is 0 Å². The topological polar surface area (TPSA) is 59.3 Å². The molecule has 2 rings (SSSR count). The average molecular weight is 490 g/mol. The summed E-state index contributed by atoms with van der Waals surface area (Å²) in [6.45, 7) is 2.26. The molecular formula is C32H43NO3. The second-order valence-corrected chi connectivity index (χ2v) is 9.32. The maximum atomic E-state index is 12.3. The van der Waals surface area contributed by atoms with E-state index in [1.54, 1.807) is 18.2 Å². The van der Waals surface area contributed by atoms with Crippen LogP contribution in [0.5, 0.6) is 11.5 Å². The van der Waals surface area contributed by atoms with Crippen LogP contribution in [0.1, 0.15) is 108 Å². The summed E-state index contributed by atoms with van der Waals surface area (Å²) in [5, 5.41) is 9.54. The Morgan fingerprint density at radius 1 is 0.806 bits per heavy atom. The van der Waals surface area contributed by atoms with E-state index in [1.807, 2.05) is 36.4 Å². The number of allylic oxidation sites excluding steroid dienone is 2. The summed E-state index contributed by atoms with van der Waals surface area (Å²) < 4.78 is 11.3. The highest BCUT2D eigenvalue weighted by molar-refractivity contribution is 5.70. The highest BCUT2D eigenvalue weighted by Crippen LogP contribution is 2.26. The van der Waals surface area contributed by atoms with Crippen LogP contribution < -0.4 is 4.74 Å². The molecule has 0 radical (unpaired) electrons. The fourth-order valence-electron chi connectivity index (χ4n) is 4.07. The van der Waals surface area contributed by atoms with Crippen LogP contribution in [0, 0.1) is 11.3 Å². The van der Waals surface area contributed by atoms with Gasteiger partial charge < -0.3 is 9.47 Å². The van der Waals surface area contributed by atoms with Crippen LogP contribution in [0.2, 0.25) is 0 Å². The highest BCUT2D eigenvalue weighted by atomic mass is 16.5. The molecule has 0 aliphatic carbocycles. The van der Waals surface area contributed by atoms with Crippen molar-refractivity contribution in [2.45, 2.75) is 103 Å². The van der Waals surface area contributed by atoms with Gasteiger partial charge in [0.1, 0.15) is 17.6 Å². The summed E-state index contributed by atoms with van der Waals surface area (Å²) in [4.78, 5) is 12.3. The lowest BCUT2D eigenvalue weighted by Gasteiger charge is -2.13. The molecule has 0 heterocycles. The van der Waals surface area contributed by atoms with Crippen molar-refractivity contribution in [3.8, 4) is 17.6 Å². The van der Waals surface area contributed by atoms with Gasteiger partial charge >= 0.3 is 5.97 Å². The van der Waals surface area contributed by atoms with Crippen LogP contribution in [0.3, 0.4) is 0 Å². The lowest BCUT2D eigenvalue weighted by Crippen LogP contribution is -2.10. The number of nitrogens with zero attached hydrogens (tertiary/aromatic N) is 1. The van der Waals surface area contributed by atoms with E-state index in [0.717, 1.165) is 25.7 Å². The predicted octanol–water partition coefficient (Wildman–Crippen LogP) is 9.62. The van der Waals surface area contributed by atoms with Gasteiger partial charge in [-0.2, -0.15) is 5.26 Å². The van der Waals surface area contributed by atoms with E-state index in [-0.39, 0.29) is 5.97 Å². The molecule has 0 saturated carbocycles. The Morgan fingerprint density at radius 3 is 2.08 bits per heavy atom. The number of hydrogen-bond acceptors (Lipinski definition) is 4. The van der Waals surface area contributed by atoms with E-state index in [0.29, 0.717) is 23.5 Å². The van der Waals surface area contributed by atoms with Crippen molar-refractivity contribution in [3.05, 3.63) is 72.3 Å². The van der Waals surface area contributed by atoms with E-state index in [1.165, 1.54) is 57.8 Å². The van der Waals surface area contributed by atoms with Crippen molar-refractivity contribution in [3.63, 3.8) is 0 Å². The Morgan fingerprint density at radius 2 is 1.42 bits per heavy atom. The number of para-hydroxylation sites is 1. The lowest BCUT2D eigenvalue weighted by atomic mass is 10.1. The fraction of sp³-hybridized carbons (Fsp3) is 0.500. The van der Waals surface area contributed by atoms with Gasteiger partial charge in [-0.1, -0.05) is 101 Å². The molecule has 2 aromatic carbocycles. The molecule has 0 bridgehead atoms. The van der Waals surface area contributed by atoms with Crippen molar-refractivity contribution in [1.82, 2.24) is 0 Å². The van der Waals surface area contributed by atoms with E-state index in [9.17, 15) is 10.1 Å². The van der Waals surface area contributed by atoms with E-state index in [4.69, 9.17) is 9.47 Å². The van der Waals surface area contributed by atoms with Crippen LogP contribution in [0.4, 0.5) is 0 Å². The molecule has 36 heavy (non-hydrogen) atoms. The van der Waals surface area contributed by atoms with Crippen LogP contribution in [0.25, 0.3) is 0 Å². The summed E-state index contributed by atoms with van der Waals surface area (Å²) in [6.07, 6.45) is 19.9. The van der Waals surface area contributed by atoms with E-state index in [2.05, 4.69) is 25.1 Å². The van der Waals surface area contributed by atoms with Gasteiger partial charge in [-0.15, -0.1) is 0 Å². The van der Waals surface area contributed by atoms with Gasteiger partial charge in [-0.05, 0) is 56.4 Å². The Labute approximate surface area is 218 Å². The number of carbonyl (C=O) groups excluding carboxylic acids is 1. The van der Waals surface area contributed by atoms with E-state index < -0.39 is 6.10 Å². The van der Waals surface area contributed by atoms with Crippen LogP contribution >= 0.6 is 0 Å². The molecule has 0 aliphatic heterocycles. The Balaban J connectivity index is 1.55. The molecule has 0 saturated heterocycles. The van der Waals surface area contributed by atoms with Gasteiger partial charge in [0.2, 0.25) is 6.10 Å². The summed E-state index contributed by atoms with van der Waals surface area (Å²) >= 11 is 0. The van der Waals surface area contributed by atoms with E-state index >= 15 is 0 Å². The molecule has 1 unspecified atom stereocenters. The molecule has 0 amide bonds. The molecule has 0 N–H and O–H groups in total. The maximum Gasteiger partial charge on any atom is 0.307 e. The molecule has 0 spiro atoms. The van der Waals surface area contributed by atoms with Crippen molar-refractivity contribution >= 4 is 5.97 Å². The SMILES string of the molecule is CCCCCCCC/C=C\CCCCCCCC(=O)OC(C#N)c1cccc(Oc2ccccc2)c1. The number of rotatable bonds is 19. The van der Waals surface area contributed by atoms with Gasteiger partial charge in [0.05, 0.1) is 0 Å². The second-order valence-electron chi connectivity index (χ2n) is 9.32. The highest BCUT2D eigenvalue weighted by Gasteiger charge is 2.16. The van der Waals surface area contributed by atoms with Gasteiger partial charge in [0.25, 0.3) is 0 Å². The molecule has 2 aromatic rings. The van der Waals surface area contributed by atoms with Gasteiger partial charge in [0.15, 0.2) is 0 Å². The zero-order valence-electron chi connectivity index (χ0n) is 22.0. The van der Waals surface area contributed by atoms with Crippen molar-refractivity contribution in [1.29, 1.82) is 5.26 Å². The monoisotopic (exact) mass is 489 g/mol. The number of benzene rings is 2. The molecule has 194 valence electrons. The Hall–Kier alpha value is -3.06. The molecule has 0 fully saturated rings. The number of esters is 1. The van der Waals surface area contributed by atoms with Crippen LogP contribution in [-0.4, -0.2) is 5.97 Å². The second kappa shape index (κ2) is 19.2. The molecule has 4 nitrogen and oxygen atoms in total. The summed E-state index contributed by atoms with van der Waals surface area (Å²) in [7, 11) is 0. The first kappa shape index (κ1) is 29.2. The summed E-state index contributed by atoms with van der Waals surface area (Å²) in [5.41, 5.74) is 0.615. The lowest BCUT2D eigenvalue weighted by molar-refractivity contribution is -0.147. The first-order valence-corrected chi connectivity index (χ1v) is 13.8. The minimum absolute atomic E-state index is 0.325. The number of ether oxygens (including phenoxy) is 2. The first-order valence-electron chi connectivity index (χ1n) is 13.8. The van der Waals surface area contributed by atoms with Crippen molar-refractivity contribution < 1.29 is 14.3 Å². The summed E-state index contributed by atoms with van der Waals surface area (Å²) in [6, 6.07) is 18.7. The smallest absolute Gasteiger partial charge is 0.307 e. The predicted molar refractivity (Wildman–Crippen MR) is 147 cm³/mol. The zero-order valence-corrected chi connectivity index (χ0v) is 22.0. The molecule has 0 aromatic heterocycles. The third-order valence-corrected chi connectivity index (χ3v) is 6.15. The van der Waals surface area contributed by atoms with Crippen LogP contribution in [0.15, 0.2) is 66.7 Å². The zero-order chi connectivity index (χ0) is 25.7. The van der Waals surface area contributed by atoms with Gasteiger partial charge in [0, 0.05) is 12.0 Å².